The minimum atomic E-state index is -0.328. The molecule has 3 rings (SSSR count). The highest BCUT2D eigenvalue weighted by atomic mass is 35.5. The number of imidazole rings is 1. The third-order valence-corrected chi connectivity index (χ3v) is 5.15. The Bertz CT molecular complexity index is 729. The summed E-state index contributed by atoms with van der Waals surface area (Å²) in [5.41, 5.74) is 0.349. The topological polar surface area (TPSA) is 69.4 Å². The monoisotopic (exact) mass is 340 g/mol. The summed E-state index contributed by atoms with van der Waals surface area (Å²) < 4.78 is 7.19. The first kappa shape index (κ1) is 15.6. The van der Waals surface area contributed by atoms with E-state index >= 15 is 0 Å². The summed E-state index contributed by atoms with van der Waals surface area (Å²) in [6.07, 6.45) is 6.19. The minimum absolute atomic E-state index is 0.270. The normalized spacial score (nSPS) is 18.0. The van der Waals surface area contributed by atoms with E-state index in [9.17, 15) is 4.79 Å². The van der Waals surface area contributed by atoms with Gasteiger partial charge in [-0.3, -0.25) is 4.79 Å². The van der Waals surface area contributed by atoms with Crippen molar-refractivity contribution in [3.05, 3.63) is 17.2 Å². The lowest BCUT2D eigenvalue weighted by atomic mass is 9.64. The minimum Gasteiger partial charge on any atom is -0.462 e. The van der Waals surface area contributed by atoms with E-state index in [4.69, 9.17) is 16.3 Å². The van der Waals surface area contributed by atoms with Crippen LogP contribution in [0.2, 0.25) is 5.15 Å². The molecule has 1 unspecified atom stereocenters. The third kappa shape index (κ3) is 2.36. The highest BCUT2D eigenvalue weighted by molar-refractivity contribution is 7.98. The largest absolute Gasteiger partial charge is 0.462 e. The Kier molecular flexibility index (Phi) is 4.03. The van der Waals surface area contributed by atoms with Gasteiger partial charge in [0.05, 0.1) is 11.6 Å². The number of rotatable bonds is 4. The summed E-state index contributed by atoms with van der Waals surface area (Å²) in [7, 11) is 0. The number of halogens is 1. The molecule has 1 saturated carbocycles. The van der Waals surface area contributed by atoms with Crippen LogP contribution in [-0.4, -0.2) is 37.9 Å². The molecule has 22 heavy (non-hydrogen) atoms. The summed E-state index contributed by atoms with van der Waals surface area (Å²) in [6, 6.07) is 0. The van der Waals surface area contributed by atoms with Gasteiger partial charge < -0.3 is 4.74 Å². The zero-order chi connectivity index (χ0) is 15.9. The van der Waals surface area contributed by atoms with Crippen LogP contribution in [0.1, 0.15) is 38.9 Å². The van der Waals surface area contributed by atoms with Gasteiger partial charge in [-0.1, -0.05) is 29.8 Å². The molecule has 0 N–H and O–H groups in total. The van der Waals surface area contributed by atoms with Gasteiger partial charge in [-0.15, -0.1) is 5.10 Å². The van der Waals surface area contributed by atoms with Crippen LogP contribution in [0.25, 0.3) is 5.52 Å². The van der Waals surface area contributed by atoms with Crippen LogP contribution in [0, 0.1) is 0 Å². The number of hydrogen-bond acceptors (Lipinski definition) is 6. The van der Waals surface area contributed by atoms with E-state index < -0.39 is 0 Å². The maximum atomic E-state index is 11.3. The second-order valence-corrected chi connectivity index (χ2v) is 6.66. The van der Waals surface area contributed by atoms with Crippen molar-refractivity contribution in [3.63, 3.8) is 0 Å². The van der Waals surface area contributed by atoms with Gasteiger partial charge in [-0.25, -0.2) is 14.5 Å². The molecule has 0 spiro atoms. The molecule has 0 amide bonds. The van der Waals surface area contributed by atoms with Crippen molar-refractivity contribution in [1.29, 1.82) is 0 Å². The number of fused-ring (bicyclic) bond motifs is 1. The Morgan fingerprint density at radius 1 is 1.55 bits per heavy atom. The quantitative estimate of drug-likeness (QED) is 0.629. The van der Waals surface area contributed by atoms with Crippen LogP contribution in [-0.2, 0) is 14.9 Å². The molecule has 0 bridgehead atoms. The molecule has 0 saturated heterocycles. The number of aromatic nitrogens is 4. The molecule has 118 valence electrons. The lowest BCUT2D eigenvalue weighted by molar-refractivity contribution is -0.151. The molecule has 2 aromatic heterocycles. The summed E-state index contributed by atoms with van der Waals surface area (Å²) in [5, 5.41) is 5.53. The maximum Gasteiger partial charge on any atom is 0.302 e. The van der Waals surface area contributed by atoms with Gasteiger partial charge in [0, 0.05) is 6.92 Å². The van der Waals surface area contributed by atoms with Crippen LogP contribution in [0.15, 0.2) is 11.4 Å². The number of thioether (sulfide) groups is 1. The number of nitrogens with zero attached hydrogens (tertiary/aromatic N) is 4. The van der Waals surface area contributed by atoms with Crippen LogP contribution in [0.4, 0.5) is 0 Å². The van der Waals surface area contributed by atoms with E-state index in [1.54, 1.807) is 10.7 Å². The average Bonchev–Trinajstić information content (AvgIpc) is 2.74. The van der Waals surface area contributed by atoms with Crippen molar-refractivity contribution in [1.82, 2.24) is 19.6 Å². The summed E-state index contributed by atoms with van der Waals surface area (Å²) >= 11 is 7.70. The van der Waals surface area contributed by atoms with E-state index in [1.807, 2.05) is 13.2 Å². The fraction of sp³-hybridized carbons (Fsp3) is 0.571. The zero-order valence-corrected chi connectivity index (χ0v) is 14.2. The van der Waals surface area contributed by atoms with Gasteiger partial charge in [0.2, 0.25) is 5.16 Å². The van der Waals surface area contributed by atoms with Crippen molar-refractivity contribution in [2.45, 2.75) is 49.8 Å². The molecule has 1 atom stereocenters. The number of esters is 1. The van der Waals surface area contributed by atoms with Gasteiger partial charge >= 0.3 is 5.97 Å². The molecule has 2 heterocycles. The first-order valence-electron chi connectivity index (χ1n) is 7.11. The Labute approximate surface area is 137 Å². The van der Waals surface area contributed by atoms with E-state index in [2.05, 4.69) is 15.1 Å². The predicted molar refractivity (Wildman–Crippen MR) is 84.3 cm³/mol. The second kappa shape index (κ2) is 5.70. The molecule has 0 aliphatic heterocycles. The highest BCUT2D eigenvalue weighted by Gasteiger charge is 2.49. The van der Waals surface area contributed by atoms with Gasteiger partial charge in [0.15, 0.2) is 5.15 Å². The SMILES string of the molecule is CSc1ncc2c(Cl)nc(C3(C(C)OC(C)=O)CCC3)n2n1. The molecule has 1 aliphatic rings. The Morgan fingerprint density at radius 2 is 2.27 bits per heavy atom. The molecular formula is C14H17ClN4O2S. The molecule has 2 aromatic rings. The standard InChI is InChI=1S/C14H17ClN4O2S/c1-8(21-9(2)20)14(5-4-6-14)12-17-11(15)10-7-16-13(22-3)18-19(10)12/h7-8H,4-6H2,1-3H3. The van der Waals surface area contributed by atoms with E-state index in [-0.39, 0.29) is 17.5 Å². The smallest absolute Gasteiger partial charge is 0.302 e. The fourth-order valence-corrected chi connectivity index (χ4v) is 3.51. The van der Waals surface area contributed by atoms with Crippen LogP contribution >= 0.6 is 23.4 Å². The van der Waals surface area contributed by atoms with Crippen molar-refractivity contribution >= 4 is 34.8 Å². The summed E-state index contributed by atoms with van der Waals surface area (Å²) in [5.74, 6) is 0.468. The predicted octanol–water partition coefficient (Wildman–Crippen LogP) is 2.87. The first-order chi connectivity index (χ1) is 10.5. The number of carbonyl (C=O) groups excluding carboxylic acids is 1. The van der Waals surface area contributed by atoms with Crippen LogP contribution in [0.5, 0.6) is 0 Å². The summed E-state index contributed by atoms with van der Waals surface area (Å²) in [6.45, 7) is 3.33. The van der Waals surface area contributed by atoms with Crippen LogP contribution in [0.3, 0.4) is 0 Å². The molecule has 1 aliphatic carbocycles. The number of ether oxygens (including phenoxy) is 1. The summed E-state index contributed by atoms with van der Waals surface area (Å²) in [4.78, 5) is 20.1. The Hall–Kier alpha value is -1.34. The van der Waals surface area contributed by atoms with Gasteiger partial charge in [0.25, 0.3) is 0 Å². The first-order valence-corrected chi connectivity index (χ1v) is 8.71. The van der Waals surface area contributed by atoms with Crippen molar-refractivity contribution < 1.29 is 9.53 Å². The zero-order valence-electron chi connectivity index (χ0n) is 12.7. The van der Waals surface area contributed by atoms with Gasteiger partial charge in [-0.05, 0) is 26.0 Å². The molecule has 0 aromatic carbocycles. The van der Waals surface area contributed by atoms with Crippen molar-refractivity contribution in [2.75, 3.05) is 6.26 Å². The molecule has 6 nitrogen and oxygen atoms in total. The molecule has 8 heteroatoms. The molecular weight excluding hydrogens is 324 g/mol. The fourth-order valence-electron chi connectivity index (χ4n) is 2.98. The van der Waals surface area contributed by atoms with Crippen molar-refractivity contribution in [3.8, 4) is 0 Å². The van der Waals surface area contributed by atoms with E-state index in [0.717, 1.165) is 25.1 Å². The highest BCUT2D eigenvalue weighted by Crippen LogP contribution is 2.47. The second-order valence-electron chi connectivity index (χ2n) is 5.53. The lowest BCUT2D eigenvalue weighted by Gasteiger charge is -2.44. The van der Waals surface area contributed by atoms with Crippen molar-refractivity contribution in [2.24, 2.45) is 0 Å². The molecule has 1 fully saturated rings. The Morgan fingerprint density at radius 3 is 2.82 bits per heavy atom. The Balaban J connectivity index is 2.12. The van der Waals surface area contributed by atoms with E-state index in [0.29, 0.717) is 15.8 Å². The lowest BCUT2D eigenvalue weighted by Crippen LogP contribution is -2.47. The molecule has 0 radical (unpaired) electrons. The number of hydrogen-bond donors (Lipinski definition) is 0. The number of carbonyl (C=O) groups is 1. The van der Waals surface area contributed by atoms with E-state index in [1.165, 1.54) is 18.7 Å². The van der Waals surface area contributed by atoms with Gasteiger partial charge in [0.1, 0.15) is 17.4 Å². The average molecular weight is 341 g/mol. The maximum absolute atomic E-state index is 11.3. The third-order valence-electron chi connectivity index (χ3n) is 4.32. The van der Waals surface area contributed by atoms with Gasteiger partial charge in [-0.2, -0.15) is 0 Å². The van der Waals surface area contributed by atoms with Crippen LogP contribution < -0.4 is 0 Å².